The van der Waals surface area contributed by atoms with Crippen LogP contribution in [0.15, 0.2) is 65.7 Å². The average Bonchev–Trinajstić information content (AvgIpc) is 3.23. The predicted octanol–water partition coefficient (Wildman–Crippen LogP) is 3.59. The van der Waals surface area contributed by atoms with Gasteiger partial charge in [-0.2, -0.15) is 0 Å². The Hall–Kier alpha value is -2.31. The zero-order valence-electron chi connectivity index (χ0n) is 18.0. The number of Topliss-reactive ketones (excluding diaryl/α,β-unsaturated/α-hetero) is 1. The number of ketones is 1. The van der Waals surface area contributed by atoms with Crippen LogP contribution in [0.25, 0.3) is 0 Å². The van der Waals surface area contributed by atoms with Crippen LogP contribution in [0.4, 0.5) is 0 Å². The molecule has 162 valence electrons. The molecule has 1 heterocycles. The number of sulfonamides is 1. The number of aliphatic imine (C=N–C) groups is 1. The number of fused-ring (bicyclic) bond motifs is 1. The summed E-state index contributed by atoms with van der Waals surface area (Å²) in [6, 6.07) is 19.6. The highest BCUT2D eigenvalue weighted by Crippen LogP contribution is 2.72. The Morgan fingerprint density at radius 3 is 2.16 bits per heavy atom. The molecule has 1 N–H and O–H groups in total. The smallest absolute Gasteiger partial charge is 0.213 e. The van der Waals surface area contributed by atoms with Crippen molar-refractivity contribution in [2.24, 2.45) is 21.7 Å². The molecule has 1 saturated heterocycles. The fourth-order valence-corrected chi connectivity index (χ4v) is 9.00. The third-order valence-electron chi connectivity index (χ3n) is 8.26. The third kappa shape index (κ3) is 2.88. The molecular formula is C25H28N2O3S. The van der Waals surface area contributed by atoms with Crippen molar-refractivity contribution in [3.8, 4) is 0 Å². The highest BCUT2D eigenvalue weighted by molar-refractivity contribution is 7.89. The Morgan fingerprint density at radius 1 is 1.03 bits per heavy atom. The van der Waals surface area contributed by atoms with Crippen molar-refractivity contribution in [3.63, 3.8) is 0 Å². The van der Waals surface area contributed by atoms with Crippen LogP contribution in [0.1, 0.15) is 44.2 Å². The van der Waals surface area contributed by atoms with Gasteiger partial charge in [-0.1, -0.05) is 74.5 Å². The minimum Gasteiger partial charge on any atom is -0.295 e. The van der Waals surface area contributed by atoms with Gasteiger partial charge in [-0.15, -0.1) is 0 Å². The van der Waals surface area contributed by atoms with Crippen LogP contribution in [0.2, 0.25) is 0 Å². The van der Waals surface area contributed by atoms with Gasteiger partial charge < -0.3 is 0 Å². The standard InChI is InChI=1S/C25H28N2O3S/c1-23(2)20-13-14-24(23)17-31(29,30)27-25(24,15-20)21(28)16-26-22(18-9-5-3-6-10-18)19-11-7-4-8-12-19/h3-12,20,27H,13-17H2,1-2H3/t20-,24+,25-/m0/s1. The number of rotatable bonds is 5. The number of nitrogens with one attached hydrogen (secondary N) is 1. The summed E-state index contributed by atoms with van der Waals surface area (Å²) < 4.78 is 28.3. The monoisotopic (exact) mass is 436 g/mol. The van der Waals surface area contributed by atoms with Gasteiger partial charge in [0.05, 0.1) is 11.5 Å². The van der Waals surface area contributed by atoms with Gasteiger partial charge in [-0.05, 0) is 30.6 Å². The van der Waals surface area contributed by atoms with Crippen molar-refractivity contribution in [2.45, 2.75) is 38.6 Å². The van der Waals surface area contributed by atoms with E-state index in [9.17, 15) is 13.2 Å². The van der Waals surface area contributed by atoms with Gasteiger partial charge in [0, 0.05) is 16.5 Å². The van der Waals surface area contributed by atoms with E-state index in [1.54, 1.807) is 0 Å². The molecule has 5 rings (SSSR count). The first kappa shape index (κ1) is 20.6. The summed E-state index contributed by atoms with van der Waals surface area (Å²) in [4.78, 5) is 18.5. The second-order valence-electron chi connectivity index (χ2n) is 9.83. The lowest BCUT2D eigenvalue weighted by molar-refractivity contribution is -0.128. The fraction of sp³-hybridized carbons (Fsp3) is 0.440. The second-order valence-corrected chi connectivity index (χ2v) is 11.6. The molecule has 3 atom stereocenters. The van der Waals surface area contributed by atoms with Gasteiger partial charge in [0.1, 0.15) is 12.1 Å². The maximum atomic E-state index is 13.7. The van der Waals surface area contributed by atoms with Gasteiger partial charge >= 0.3 is 0 Å². The molecule has 0 amide bonds. The zero-order valence-corrected chi connectivity index (χ0v) is 18.8. The molecule has 3 aliphatic rings. The molecule has 2 saturated carbocycles. The summed E-state index contributed by atoms with van der Waals surface area (Å²) in [5.41, 5.74) is 0.868. The Bertz CT molecular complexity index is 1120. The number of nitrogens with zero attached hydrogens (tertiary/aromatic N) is 1. The first-order chi connectivity index (χ1) is 14.7. The number of benzene rings is 2. The molecule has 2 aliphatic carbocycles. The Balaban J connectivity index is 1.54. The van der Waals surface area contributed by atoms with E-state index in [0.29, 0.717) is 12.3 Å². The first-order valence-corrected chi connectivity index (χ1v) is 12.6. The number of hydrogen-bond acceptors (Lipinski definition) is 4. The number of carbonyl (C=O) groups is 1. The van der Waals surface area contributed by atoms with Crippen LogP contribution in [-0.4, -0.2) is 37.7 Å². The van der Waals surface area contributed by atoms with Crippen LogP contribution in [0, 0.1) is 16.7 Å². The van der Waals surface area contributed by atoms with E-state index >= 15 is 0 Å². The lowest BCUT2D eigenvalue weighted by Gasteiger charge is -2.43. The van der Waals surface area contributed by atoms with Gasteiger partial charge in [-0.25, -0.2) is 13.1 Å². The van der Waals surface area contributed by atoms with E-state index in [1.165, 1.54) is 0 Å². The highest BCUT2D eigenvalue weighted by Gasteiger charge is 2.78. The lowest BCUT2D eigenvalue weighted by Crippen LogP contribution is -2.59. The summed E-state index contributed by atoms with van der Waals surface area (Å²) >= 11 is 0. The quantitative estimate of drug-likeness (QED) is 0.728. The van der Waals surface area contributed by atoms with E-state index in [0.717, 1.165) is 29.7 Å². The molecule has 0 unspecified atom stereocenters. The van der Waals surface area contributed by atoms with Crippen molar-refractivity contribution in [1.82, 2.24) is 4.72 Å². The van der Waals surface area contributed by atoms with Gasteiger partial charge in [0.15, 0.2) is 5.78 Å². The zero-order chi connectivity index (χ0) is 21.9. The summed E-state index contributed by atoms with van der Waals surface area (Å²) in [7, 11) is -3.49. The van der Waals surface area contributed by atoms with E-state index in [-0.39, 0.29) is 23.5 Å². The molecule has 2 aromatic rings. The van der Waals surface area contributed by atoms with Crippen molar-refractivity contribution < 1.29 is 13.2 Å². The summed E-state index contributed by atoms with van der Waals surface area (Å²) in [6.45, 7) is 4.25. The average molecular weight is 437 g/mol. The Morgan fingerprint density at radius 2 is 1.61 bits per heavy atom. The number of hydrogen-bond donors (Lipinski definition) is 1. The van der Waals surface area contributed by atoms with Crippen LogP contribution in [0.3, 0.4) is 0 Å². The Labute approximate surface area is 184 Å². The topological polar surface area (TPSA) is 75.6 Å². The van der Waals surface area contributed by atoms with E-state index in [2.05, 4.69) is 18.6 Å². The van der Waals surface area contributed by atoms with E-state index in [1.807, 2.05) is 60.7 Å². The maximum absolute atomic E-state index is 13.7. The third-order valence-corrected chi connectivity index (χ3v) is 9.79. The molecular weight excluding hydrogens is 408 g/mol. The number of carbonyl (C=O) groups excluding carboxylic acids is 1. The minimum absolute atomic E-state index is 0.0355. The minimum atomic E-state index is -3.49. The van der Waals surface area contributed by atoms with Crippen molar-refractivity contribution in [1.29, 1.82) is 0 Å². The molecule has 1 aliphatic heterocycles. The first-order valence-electron chi connectivity index (χ1n) is 10.9. The normalized spacial score (nSPS) is 31.9. The van der Waals surface area contributed by atoms with Gasteiger partial charge in [0.2, 0.25) is 10.0 Å². The lowest BCUT2D eigenvalue weighted by atomic mass is 9.61. The molecule has 2 aromatic carbocycles. The van der Waals surface area contributed by atoms with Crippen LogP contribution in [0.5, 0.6) is 0 Å². The van der Waals surface area contributed by atoms with Crippen molar-refractivity contribution >= 4 is 21.5 Å². The maximum Gasteiger partial charge on any atom is 0.213 e. The molecule has 2 bridgehead atoms. The van der Waals surface area contributed by atoms with E-state index < -0.39 is 21.0 Å². The van der Waals surface area contributed by atoms with Gasteiger partial charge in [0.25, 0.3) is 0 Å². The van der Waals surface area contributed by atoms with Gasteiger partial charge in [-0.3, -0.25) is 9.79 Å². The molecule has 0 radical (unpaired) electrons. The molecule has 6 heteroatoms. The summed E-state index contributed by atoms with van der Waals surface area (Å²) in [5.74, 6) is 0.294. The highest BCUT2D eigenvalue weighted by atomic mass is 32.2. The SMILES string of the molecule is CC1(C)[C@H]2CC[C@@]13CS(=O)(=O)N[C@]3(C(=O)CN=C(c1ccccc1)c1ccccc1)C2. The predicted molar refractivity (Wildman–Crippen MR) is 122 cm³/mol. The van der Waals surface area contributed by atoms with Crippen molar-refractivity contribution in [2.75, 3.05) is 12.3 Å². The molecule has 3 fully saturated rings. The van der Waals surface area contributed by atoms with Crippen LogP contribution >= 0.6 is 0 Å². The molecule has 0 aromatic heterocycles. The second kappa shape index (κ2) is 6.84. The summed E-state index contributed by atoms with van der Waals surface area (Å²) in [5, 5.41) is 0. The van der Waals surface area contributed by atoms with Crippen LogP contribution < -0.4 is 4.72 Å². The van der Waals surface area contributed by atoms with Crippen molar-refractivity contribution in [3.05, 3.63) is 71.8 Å². The molecule has 31 heavy (non-hydrogen) atoms. The summed E-state index contributed by atoms with van der Waals surface area (Å²) in [6.07, 6.45) is 2.35. The molecule has 1 spiro atoms. The molecule has 5 nitrogen and oxygen atoms in total. The Kier molecular flexibility index (Phi) is 4.54. The van der Waals surface area contributed by atoms with E-state index in [4.69, 9.17) is 4.99 Å². The fourth-order valence-electron chi connectivity index (χ4n) is 6.59. The van der Waals surface area contributed by atoms with Crippen LogP contribution in [-0.2, 0) is 14.8 Å². The largest absolute Gasteiger partial charge is 0.295 e.